The molecule has 1 saturated carbocycles. The number of nitrogens with one attached hydrogen (secondary N) is 1. The fourth-order valence-corrected chi connectivity index (χ4v) is 4.07. The molecule has 0 aromatic carbocycles. The first-order valence-electron chi connectivity index (χ1n) is 7.22. The quantitative estimate of drug-likeness (QED) is 0.620. The maximum absolute atomic E-state index is 11.9. The Hall–Kier alpha value is -1.08. The molecule has 1 aromatic heterocycles. The minimum atomic E-state index is -0.886. The van der Waals surface area contributed by atoms with Crippen LogP contribution in [0, 0.1) is 0 Å². The molecule has 0 atom stereocenters. The number of carboxylic acid groups (broad SMARTS) is 1. The molecule has 0 spiro atoms. The van der Waals surface area contributed by atoms with E-state index in [0.29, 0.717) is 17.5 Å². The standard InChI is InChI=1S/C14H20N2O3S2/c17-12(15-10-5-3-1-2-4-6-10)9-21-14-16-11(8-20-14)7-13(18)19/h8,10H,1-7,9H2,(H,15,17)(H,18,19). The highest BCUT2D eigenvalue weighted by atomic mass is 32.2. The van der Waals surface area contributed by atoms with Crippen molar-refractivity contribution in [3.8, 4) is 0 Å². The molecule has 2 rings (SSSR count). The van der Waals surface area contributed by atoms with Gasteiger partial charge in [-0.3, -0.25) is 9.59 Å². The molecule has 21 heavy (non-hydrogen) atoms. The van der Waals surface area contributed by atoms with E-state index in [1.54, 1.807) is 5.38 Å². The van der Waals surface area contributed by atoms with E-state index in [2.05, 4.69) is 10.3 Å². The van der Waals surface area contributed by atoms with Gasteiger partial charge in [-0.1, -0.05) is 37.4 Å². The van der Waals surface area contributed by atoms with Crippen LogP contribution in [0.4, 0.5) is 0 Å². The van der Waals surface area contributed by atoms with E-state index in [4.69, 9.17) is 5.11 Å². The molecule has 1 aromatic rings. The molecule has 116 valence electrons. The molecule has 2 N–H and O–H groups in total. The zero-order chi connectivity index (χ0) is 15.1. The molecule has 0 unspecified atom stereocenters. The molecule has 7 heteroatoms. The van der Waals surface area contributed by atoms with Gasteiger partial charge in [0.05, 0.1) is 17.9 Å². The fourth-order valence-electron chi connectivity index (χ4n) is 2.41. The normalized spacial score (nSPS) is 16.4. The lowest BCUT2D eigenvalue weighted by Crippen LogP contribution is -2.35. The number of carbonyl (C=O) groups is 2. The van der Waals surface area contributed by atoms with Crippen LogP contribution in [0.5, 0.6) is 0 Å². The maximum atomic E-state index is 11.9. The number of hydrogen-bond acceptors (Lipinski definition) is 5. The van der Waals surface area contributed by atoms with Crippen LogP contribution in [0.25, 0.3) is 0 Å². The predicted octanol–water partition coefficient (Wildman–Crippen LogP) is 2.70. The van der Waals surface area contributed by atoms with Crippen molar-refractivity contribution in [2.24, 2.45) is 0 Å². The Morgan fingerprint density at radius 1 is 1.33 bits per heavy atom. The Morgan fingerprint density at radius 2 is 2.05 bits per heavy atom. The Morgan fingerprint density at radius 3 is 2.71 bits per heavy atom. The summed E-state index contributed by atoms with van der Waals surface area (Å²) in [6.45, 7) is 0. The summed E-state index contributed by atoms with van der Waals surface area (Å²) in [7, 11) is 0. The Kier molecular flexibility index (Phi) is 6.50. The van der Waals surface area contributed by atoms with Crippen molar-refractivity contribution in [2.45, 2.75) is 55.3 Å². The van der Waals surface area contributed by atoms with Crippen LogP contribution in [0.1, 0.15) is 44.2 Å². The number of thiazole rings is 1. The fraction of sp³-hybridized carbons (Fsp3) is 0.643. The van der Waals surface area contributed by atoms with Crippen molar-refractivity contribution in [1.29, 1.82) is 0 Å². The van der Waals surface area contributed by atoms with E-state index >= 15 is 0 Å². The van der Waals surface area contributed by atoms with Gasteiger partial charge in [0.1, 0.15) is 0 Å². The molecule has 1 aliphatic carbocycles. The minimum absolute atomic E-state index is 0.0434. The van der Waals surface area contributed by atoms with Crippen LogP contribution in [0.2, 0.25) is 0 Å². The third-order valence-corrected chi connectivity index (χ3v) is 5.48. The van der Waals surface area contributed by atoms with E-state index in [1.807, 2.05) is 0 Å². The monoisotopic (exact) mass is 328 g/mol. The van der Waals surface area contributed by atoms with Crippen molar-refractivity contribution < 1.29 is 14.7 Å². The number of nitrogens with zero attached hydrogens (tertiary/aromatic N) is 1. The minimum Gasteiger partial charge on any atom is -0.481 e. The zero-order valence-electron chi connectivity index (χ0n) is 11.8. The van der Waals surface area contributed by atoms with Crippen molar-refractivity contribution in [1.82, 2.24) is 10.3 Å². The zero-order valence-corrected chi connectivity index (χ0v) is 13.5. The highest BCUT2D eigenvalue weighted by Crippen LogP contribution is 2.23. The van der Waals surface area contributed by atoms with Gasteiger partial charge in [-0.05, 0) is 12.8 Å². The maximum Gasteiger partial charge on any atom is 0.309 e. The van der Waals surface area contributed by atoms with Crippen molar-refractivity contribution in [3.05, 3.63) is 11.1 Å². The summed E-state index contributed by atoms with van der Waals surface area (Å²) in [4.78, 5) is 26.7. The molecule has 5 nitrogen and oxygen atoms in total. The number of amides is 1. The average molecular weight is 328 g/mol. The first kappa shape index (κ1) is 16.3. The van der Waals surface area contributed by atoms with E-state index in [1.165, 1.54) is 48.8 Å². The van der Waals surface area contributed by atoms with E-state index in [9.17, 15) is 9.59 Å². The van der Waals surface area contributed by atoms with Gasteiger partial charge in [0.25, 0.3) is 0 Å². The number of thioether (sulfide) groups is 1. The largest absolute Gasteiger partial charge is 0.481 e. The van der Waals surface area contributed by atoms with Gasteiger partial charge in [0.2, 0.25) is 5.91 Å². The number of hydrogen-bond donors (Lipinski definition) is 2. The van der Waals surface area contributed by atoms with Crippen LogP contribution >= 0.6 is 23.1 Å². The summed E-state index contributed by atoms with van der Waals surface area (Å²) < 4.78 is 0.752. The summed E-state index contributed by atoms with van der Waals surface area (Å²) in [6, 6.07) is 0.319. The van der Waals surface area contributed by atoms with E-state index < -0.39 is 5.97 Å². The molecule has 0 aliphatic heterocycles. The average Bonchev–Trinajstić information content (AvgIpc) is 2.70. The highest BCUT2D eigenvalue weighted by molar-refractivity contribution is 8.01. The smallest absolute Gasteiger partial charge is 0.309 e. The number of rotatable bonds is 6. The molecular formula is C14H20N2O3S2. The molecule has 0 saturated heterocycles. The first-order valence-corrected chi connectivity index (χ1v) is 9.08. The lowest BCUT2D eigenvalue weighted by atomic mass is 10.1. The second-order valence-corrected chi connectivity index (χ2v) is 7.30. The molecule has 1 heterocycles. The number of aromatic nitrogens is 1. The van der Waals surface area contributed by atoms with Crippen molar-refractivity contribution in [3.63, 3.8) is 0 Å². The van der Waals surface area contributed by atoms with Crippen LogP contribution in [-0.4, -0.2) is 33.8 Å². The van der Waals surface area contributed by atoms with Gasteiger partial charge in [-0.25, -0.2) is 4.98 Å². The third kappa shape index (κ3) is 6.05. The first-order chi connectivity index (χ1) is 10.1. The van der Waals surface area contributed by atoms with Gasteiger partial charge in [0, 0.05) is 11.4 Å². The summed E-state index contributed by atoms with van der Waals surface area (Å²) in [6.07, 6.45) is 7.03. The van der Waals surface area contributed by atoms with Crippen LogP contribution in [0.3, 0.4) is 0 Å². The van der Waals surface area contributed by atoms with Crippen LogP contribution in [0.15, 0.2) is 9.72 Å². The molecule has 0 radical (unpaired) electrons. The second-order valence-electron chi connectivity index (χ2n) is 5.22. The summed E-state index contributed by atoms with van der Waals surface area (Å²) in [5, 5.41) is 13.5. The predicted molar refractivity (Wildman–Crippen MR) is 83.8 cm³/mol. The Bertz CT molecular complexity index is 482. The Labute approximate surface area is 132 Å². The van der Waals surface area contributed by atoms with E-state index in [-0.39, 0.29) is 12.3 Å². The molecule has 0 bridgehead atoms. The lowest BCUT2D eigenvalue weighted by molar-refractivity contribution is -0.136. The molecular weight excluding hydrogens is 308 g/mol. The number of carboxylic acids is 1. The summed E-state index contributed by atoms with van der Waals surface area (Å²) in [5.41, 5.74) is 0.555. The van der Waals surface area contributed by atoms with Gasteiger partial charge in [0.15, 0.2) is 4.34 Å². The molecule has 1 fully saturated rings. The van der Waals surface area contributed by atoms with Crippen molar-refractivity contribution in [2.75, 3.05) is 5.75 Å². The lowest BCUT2D eigenvalue weighted by Gasteiger charge is -2.15. The van der Waals surface area contributed by atoms with Gasteiger partial charge in [-0.2, -0.15) is 0 Å². The van der Waals surface area contributed by atoms with Crippen molar-refractivity contribution >= 4 is 35.0 Å². The van der Waals surface area contributed by atoms with Gasteiger partial charge < -0.3 is 10.4 Å². The third-order valence-electron chi connectivity index (χ3n) is 3.41. The molecule has 1 aliphatic rings. The molecule has 1 amide bonds. The second kappa shape index (κ2) is 8.38. The van der Waals surface area contributed by atoms with Gasteiger partial charge in [-0.15, -0.1) is 11.3 Å². The van der Waals surface area contributed by atoms with Crippen LogP contribution in [-0.2, 0) is 16.0 Å². The summed E-state index contributed by atoms with van der Waals surface area (Å²) >= 11 is 2.76. The van der Waals surface area contributed by atoms with E-state index in [0.717, 1.165) is 17.2 Å². The van der Waals surface area contributed by atoms with Gasteiger partial charge >= 0.3 is 5.97 Å². The topological polar surface area (TPSA) is 79.3 Å². The Balaban J connectivity index is 1.72. The highest BCUT2D eigenvalue weighted by Gasteiger charge is 2.15. The number of carbonyl (C=O) groups excluding carboxylic acids is 1. The van der Waals surface area contributed by atoms with Crippen LogP contribution < -0.4 is 5.32 Å². The SMILES string of the molecule is O=C(O)Cc1csc(SCC(=O)NC2CCCCCC2)n1. The summed E-state index contributed by atoms with van der Waals surface area (Å²) in [5.74, 6) is -0.499. The number of aliphatic carboxylic acids is 1.